The van der Waals surface area contributed by atoms with Gasteiger partial charge in [-0.2, -0.15) is 0 Å². The third kappa shape index (κ3) is 4.69. The highest BCUT2D eigenvalue weighted by atomic mass is 32.2. The second kappa shape index (κ2) is 7.77. The SMILES string of the molecule is CCCNS(=O)(=O)c1ccccc1NCCN1CCCC1. The van der Waals surface area contributed by atoms with E-state index in [4.69, 9.17) is 0 Å². The number of rotatable bonds is 8. The van der Waals surface area contributed by atoms with Crippen LogP contribution in [0.1, 0.15) is 26.2 Å². The lowest BCUT2D eigenvalue weighted by Crippen LogP contribution is -2.28. The topological polar surface area (TPSA) is 61.4 Å². The number of hydrogen-bond acceptors (Lipinski definition) is 4. The van der Waals surface area contributed by atoms with Crippen molar-refractivity contribution in [1.29, 1.82) is 0 Å². The van der Waals surface area contributed by atoms with E-state index in [2.05, 4.69) is 14.9 Å². The molecule has 1 aromatic rings. The quantitative estimate of drug-likeness (QED) is 0.769. The third-order valence-corrected chi connectivity index (χ3v) is 5.18. The number of hydrogen-bond donors (Lipinski definition) is 2. The van der Waals surface area contributed by atoms with E-state index in [0.717, 1.165) is 32.6 Å². The summed E-state index contributed by atoms with van der Waals surface area (Å²) in [6.45, 7) is 6.43. The molecule has 118 valence electrons. The Hall–Kier alpha value is -1.11. The zero-order valence-electron chi connectivity index (χ0n) is 12.6. The monoisotopic (exact) mass is 311 g/mol. The standard InChI is InChI=1S/C15H25N3O2S/c1-2-9-17-21(19,20)15-8-4-3-7-14(15)16-10-13-18-11-5-6-12-18/h3-4,7-8,16-17H,2,5-6,9-13H2,1H3. The van der Waals surface area contributed by atoms with E-state index in [9.17, 15) is 8.42 Å². The van der Waals surface area contributed by atoms with Gasteiger partial charge in [-0.25, -0.2) is 13.1 Å². The summed E-state index contributed by atoms with van der Waals surface area (Å²) >= 11 is 0. The number of sulfonamides is 1. The van der Waals surface area contributed by atoms with Crippen LogP contribution < -0.4 is 10.0 Å². The average molecular weight is 311 g/mol. The average Bonchev–Trinajstić information content (AvgIpc) is 2.99. The Morgan fingerprint density at radius 3 is 2.57 bits per heavy atom. The van der Waals surface area contributed by atoms with Gasteiger partial charge < -0.3 is 10.2 Å². The van der Waals surface area contributed by atoms with Gasteiger partial charge in [0.25, 0.3) is 0 Å². The molecular formula is C15H25N3O2S. The Labute approximate surface area is 127 Å². The molecule has 0 amide bonds. The molecule has 1 heterocycles. The van der Waals surface area contributed by atoms with E-state index in [1.807, 2.05) is 19.1 Å². The second-order valence-electron chi connectivity index (χ2n) is 5.37. The number of nitrogens with zero attached hydrogens (tertiary/aromatic N) is 1. The number of para-hydroxylation sites is 1. The van der Waals surface area contributed by atoms with Gasteiger partial charge in [0.15, 0.2) is 0 Å². The molecule has 0 saturated carbocycles. The first-order chi connectivity index (χ1) is 10.1. The highest BCUT2D eigenvalue weighted by molar-refractivity contribution is 7.89. The van der Waals surface area contributed by atoms with Crippen molar-refractivity contribution < 1.29 is 8.42 Å². The number of anilines is 1. The van der Waals surface area contributed by atoms with Crippen LogP contribution in [0.4, 0.5) is 5.69 Å². The normalized spacial score (nSPS) is 16.2. The van der Waals surface area contributed by atoms with Crippen molar-refractivity contribution in [2.45, 2.75) is 31.1 Å². The van der Waals surface area contributed by atoms with Gasteiger partial charge in [0.2, 0.25) is 10.0 Å². The van der Waals surface area contributed by atoms with Crippen LogP contribution in [-0.4, -0.2) is 46.0 Å². The molecule has 1 aliphatic heterocycles. The van der Waals surface area contributed by atoms with E-state index >= 15 is 0 Å². The maximum Gasteiger partial charge on any atom is 0.242 e. The first kappa shape index (κ1) is 16.3. The van der Waals surface area contributed by atoms with Crippen LogP contribution in [0, 0.1) is 0 Å². The first-order valence-corrected chi connectivity index (χ1v) is 9.16. The van der Waals surface area contributed by atoms with Crippen LogP contribution in [0.2, 0.25) is 0 Å². The number of benzene rings is 1. The molecule has 0 unspecified atom stereocenters. The van der Waals surface area contributed by atoms with Gasteiger partial charge in [-0.3, -0.25) is 0 Å². The van der Waals surface area contributed by atoms with Crippen molar-refractivity contribution in [2.24, 2.45) is 0 Å². The van der Waals surface area contributed by atoms with Gasteiger partial charge in [-0.05, 0) is 44.5 Å². The molecule has 0 aromatic heterocycles. The van der Waals surface area contributed by atoms with Gasteiger partial charge in [0, 0.05) is 19.6 Å². The highest BCUT2D eigenvalue weighted by Gasteiger charge is 2.17. The van der Waals surface area contributed by atoms with E-state index in [0.29, 0.717) is 17.1 Å². The van der Waals surface area contributed by atoms with Crippen LogP contribution >= 0.6 is 0 Å². The van der Waals surface area contributed by atoms with Crippen LogP contribution in [0.5, 0.6) is 0 Å². The zero-order valence-corrected chi connectivity index (χ0v) is 13.5. The maximum atomic E-state index is 12.3. The molecule has 5 nitrogen and oxygen atoms in total. The van der Waals surface area contributed by atoms with Crippen molar-refractivity contribution in [3.05, 3.63) is 24.3 Å². The molecule has 1 fully saturated rings. The van der Waals surface area contributed by atoms with Crippen molar-refractivity contribution in [2.75, 3.05) is 38.0 Å². The molecule has 0 bridgehead atoms. The second-order valence-corrected chi connectivity index (χ2v) is 7.10. The predicted octanol–water partition coefficient (Wildman–Crippen LogP) is 1.88. The molecule has 0 aliphatic carbocycles. The minimum atomic E-state index is -3.43. The van der Waals surface area contributed by atoms with Crippen molar-refractivity contribution in [3.63, 3.8) is 0 Å². The van der Waals surface area contributed by atoms with Gasteiger partial charge >= 0.3 is 0 Å². The maximum absolute atomic E-state index is 12.3. The molecular weight excluding hydrogens is 286 g/mol. The van der Waals surface area contributed by atoms with Gasteiger partial charge in [-0.1, -0.05) is 19.1 Å². The minimum absolute atomic E-state index is 0.333. The largest absolute Gasteiger partial charge is 0.383 e. The summed E-state index contributed by atoms with van der Waals surface area (Å²) in [5, 5.41) is 3.26. The Morgan fingerprint density at radius 2 is 1.86 bits per heavy atom. The van der Waals surface area contributed by atoms with Crippen molar-refractivity contribution >= 4 is 15.7 Å². The lowest BCUT2D eigenvalue weighted by atomic mass is 10.3. The van der Waals surface area contributed by atoms with Crippen LogP contribution in [0.25, 0.3) is 0 Å². The summed E-state index contributed by atoms with van der Waals surface area (Å²) in [5.41, 5.74) is 0.681. The van der Waals surface area contributed by atoms with E-state index in [-0.39, 0.29) is 0 Å². The smallest absolute Gasteiger partial charge is 0.242 e. The summed E-state index contributed by atoms with van der Waals surface area (Å²) in [7, 11) is -3.43. The summed E-state index contributed by atoms with van der Waals surface area (Å²) in [6, 6.07) is 7.09. The summed E-state index contributed by atoms with van der Waals surface area (Å²) in [4.78, 5) is 2.74. The fraction of sp³-hybridized carbons (Fsp3) is 0.600. The number of nitrogens with one attached hydrogen (secondary N) is 2. The lowest BCUT2D eigenvalue weighted by molar-refractivity contribution is 0.352. The lowest BCUT2D eigenvalue weighted by Gasteiger charge is -2.17. The minimum Gasteiger partial charge on any atom is -0.383 e. The zero-order chi connectivity index (χ0) is 15.1. The van der Waals surface area contributed by atoms with Gasteiger partial charge in [-0.15, -0.1) is 0 Å². The van der Waals surface area contributed by atoms with Crippen LogP contribution in [0.3, 0.4) is 0 Å². The summed E-state index contributed by atoms with van der Waals surface area (Å²) < 4.78 is 27.2. The molecule has 1 aromatic carbocycles. The number of likely N-dealkylation sites (tertiary alicyclic amines) is 1. The molecule has 0 spiro atoms. The van der Waals surface area contributed by atoms with E-state index in [1.54, 1.807) is 12.1 Å². The summed E-state index contributed by atoms with van der Waals surface area (Å²) in [6.07, 6.45) is 3.32. The van der Waals surface area contributed by atoms with Crippen molar-refractivity contribution in [1.82, 2.24) is 9.62 Å². The Balaban J connectivity index is 1.99. The first-order valence-electron chi connectivity index (χ1n) is 7.68. The van der Waals surface area contributed by atoms with Crippen LogP contribution in [0.15, 0.2) is 29.2 Å². The highest BCUT2D eigenvalue weighted by Crippen LogP contribution is 2.20. The molecule has 6 heteroatoms. The molecule has 21 heavy (non-hydrogen) atoms. The molecule has 1 aliphatic rings. The summed E-state index contributed by atoms with van der Waals surface area (Å²) in [5.74, 6) is 0. The fourth-order valence-corrected chi connectivity index (χ4v) is 3.83. The molecule has 1 saturated heterocycles. The van der Waals surface area contributed by atoms with Crippen LogP contribution in [-0.2, 0) is 10.0 Å². The predicted molar refractivity (Wildman–Crippen MR) is 86.1 cm³/mol. The Bertz CT molecular complexity index is 540. The Morgan fingerprint density at radius 1 is 1.14 bits per heavy atom. The molecule has 0 atom stereocenters. The molecule has 0 radical (unpaired) electrons. The Kier molecular flexibility index (Phi) is 6.02. The van der Waals surface area contributed by atoms with Gasteiger partial charge in [0.05, 0.1) is 5.69 Å². The van der Waals surface area contributed by atoms with E-state index in [1.165, 1.54) is 12.8 Å². The van der Waals surface area contributed by atoms with Gasteiger partial charge in [0.1, 0.15) is 4.90 Å². The molecule has 2 N–H and O–H groups in total. The van der Waals surface area contributed by atoms with Crippen molar-refractivity contribution in [3.8, 4) is 0 Å². The molecule has 2 rings (SSSR count). The van der Waals surface area contributed by atoms with E-state index < -0.39 is 10.0 Å². The fourth-order valence-electron chi connectivity index (χ4n) is 2.52. The third-order valence-electron chi connectivity index (χ3n) is 3.66.